The summed E-state index contributed by atoms with van der Waals surface area (Å²) in [6, 6.07) is 8.56. The topological polar surface area (TPSA) is 77.8 Å². The van der Waals surface area contributed by atoms with E-state index in [1.807, 2.05) is 23.9 Å². The summed E-state index contributed by atoms with van der Waals surface area (Å²) < 4.78 is 16.0. The Morgan fingerprint density at radius 1 is 1.26 bits per heavy atom. The first-order chi connectivity index (χ1) is 13.3. The maximum absolute atomic E-state index is 5.46. The van der Waals surface area contributed by atoms with E-state index < -0.39 is 0 Å². The largest absolute Gasteiger partial charge is 0.379 e. The Hall–Kier alpha value is -2.36. The highest BCUT2D eigenvalue weighted by molar-refractivity contribution is 7.19. The van der Waals surface area contributed by atoms with Crippen molar-refractivity contribution in [3.05, 3.63) is 41.7 Å². The number of fused-ring (bicyclic) bond motifs is 1. The predicted molar refractivity (Wildman–Crippen MR) is 107 cm³/mol. The van der Waals surface area contributed by atoms with Crippen LogP contribution in [0.5, 0.6) is 0 Å². The zero-order valence-electron chi connectivity index (χ0n) is 14.8. The van der Waals surface area contributed by atoms with Crippen molar-refractivity contribution < 1.29 is 4.74 Å². The molecule has 27 heavy (non-hydrogen) atoms. The lowest BCUT2D eigenvalue weighted by molar-refractivity contribution is 0.184. The molecule has 1 aliphatic heterocycles. The summed E-state index contributed by atoms with van der Waals surface area (Å²) in [7, 11) is 0. The summed E-state index contributed by atoms with van der Waals surface area (Å²) >= 11 is 2.88. The summed E-state index contributed by atoms with van der Waals surface area (Å²) in [6.07, 6.45) is 3.06. The van der Waals surface area contributed by atoms with Crippen molar-refractivity contribution in [3.8, 4) is 10.6 Å². The molecule has 1 aromatic carbocycles. The van der Waals surface area contributed by atoms with Crippen molar-refractivity contribution in [2.45, 2.75) is 25.9 Å². The number of rotatable bonds is 5. The smallest absolute Gasteiger partial charge is 0.183 e. The first kappa shape index (κ1) is 16.8. The van der Waals surface area contributed by atoms with Gasteiger partial charge in [0.1, 0.15) is 16.7 Å². The third kappa shape index (κ3) is 3.33. The number of aromatic nitrogens is 5. The van der Waals surface area contributed by atoms with Gasteiger partial charge in [-0.3, -0.25) is 4.68 Å². The van der Waals surface area contributed by atoms with Gasteiger partial charge in [0.25, 0.3) is 0 Å². The second-order valence-electron chi connectivity index (χ2n) is 6.57. The van der Waals surface area contributed by atoms with Crippen LogP contribution in [-0.4, -0.2) is 36.7 Å². The molecule has 1 saturated heterocycles. The molecule has 0 amide bonds. The van der Waals surface area contributed by atoms with E-state index in [1.54, 1.807) is 11.3 Å². The van der Waals surface area contributed by atoms with Gasteiger partial charge < -0.3 is 10.1 Å². The first-order valence-corrected chi connectivity index (χ1v) is 10.4. The maximum Gasteiger partial charge on any atom is 0.183 e. The van der Waals surface area contributed by atoms with Crippen molar-refractivity contribution in [3.63, 3.8) is 0 Å². The van der Waals surface area contributed by atoms with Gasteiger partial charge >= 0.3 is 0 Å². The molecule has 0 aliphatic carbocycles. The summed E-state index contributed by atoms with van der Waals surface area (Å²) in [6.45, 7) is 4.29. The minimum atomic E-state index is 0.347. The van der Waals surface area contributed by atoms with Crippen LogP contribution in [0, 0.1) is 6.92 Å². The molecule has 5 rings (SSSR count). The minimum absolute atomic E-state index is 0.347. The Kier molecular flexibility index (Phi) is 4.35. The normalized spacial score (nSPS) is 17.0. The number of nitrogens with one attached hydrogen (secondary N) is 1. The lowest BCUT2D eigenvalue weighted by Crippen LogP contribution is -2.08. The van der Waals surface area contributed by atoms with Gasteiger partial charge in [-0.25, -0.2) is 4.98 Å². The van der Waals surface area contributed by atoms with E-state index in [0.717, 1.165) is 57.6 Å². The number of benzene rings is 1. The molecular formula is C18H18N6OS2. The van der Waals surface area contributed by atoms with Gasteiger partial charge in [0, 0.05) is 19.3 Å². The third-order valence-corrected chi connectivity index (χ3v) is 6.37. The number of nitrogens with zero attached hydrogens (tertiary/aromatic N) is 5. The van der Waals surface area contributed by atoms with Gasteiger partial charge in [-0.05, 0) is 37.1 Å². The molecular weight excluding hydrogens is 380 g/mol. The molecule has 1 fully saturated rings. The SMILES string of the molecule is Cc1nc(NCc2ccc3nsnc3c2)sc1-c1ccn(C2CCOC2)n1. The molecule has 0 radical (unpaired) electrons. The number of anilines is 1. The number of aryl methyl sites for hydroxylation is 1. The zero-order chi connectivity index (χ0) is 18.2. The van der Waals surface area contributed by atoms with Gasteiger partial charge in [-0.1, -0.05) is 17.4 Å². The standard InChI is InChI=1S/C18H18N6OS2/c1-11-17(15-4-6-24(21-15)13-5-7-25-10-13)26-18(20-11)19-9-12-2-3-14-16(8-12)23-27-22-14/h2-4,6,8,13H,5,7,9-10H2,1H3,(H,19,20). The summed E-state index contributed by atoms with van der Waals surface area (Å²) in [5.41, 5.74) is 5.01. The predicted octanol–water partition coefficient (Wildman–Crippen LogP) is 3.89. The highest BCUT2D eigenvalue weighted by Gasteiger charge is 2.20. The first-order valence-electron chi connectivity index (χ1n) is 8.82. The van der Waals surface area contributed by atoms with Gasteiger partial charge in [0.2, 0.25) is 0 Å². The number of hydrogen-bond acceptors (Lipinski definition) is 8. The molecule has 1 unspecified atom stereocenters. The fourth-order valence-electron chi connectivity index (χ4n) is 3.22. The van der Waals surface area contributed by atoms with Crippen molar-refractivity contribution in [1.82, 2.24) is 23.5 Å². The van der Waals surface area contributed by atoms with Crippen molar-refractivity contribution in [1.29, 1.82) is 0 Å². The second kappa shape index (κ2) is 6.99. The highest BCUT2D eigenvalue weighted by Crippen LogP contribution is 2.32. The summed E-state index contributed by atoms with van der Waals surface area (Å²) in [4.78, 5) is 5.77. The maximum atomic E-state index is 5.46. The molecule has 0 saturated carbocycles. The lowest BCUT2D eigenvalue weighted by Gasteiger charge is -2.06. The van der Waals surface area contributed by atoms with E-state index >= 15 is 0 Å². The summed E-state index contributed by atoms with van der Waals surface area (Å²) in [5.74, 6) is 0. The van der Waals surface area contributed by atoms with Crippen molar-refractivity contribution in [2.75, 3.05) is 18.5 Å². The van der Waals surface area contributed by atoms with Crippen LogP contribution < -0.4 is 5.32 Å². The van der Waals surface area contributed by atoms with Crippen LogP contribution in [0.25, 0.3) is 21.6 Å². The Labute approximate surface area is 164 Å². The van der Waals surface area contributed by atoms with E-state index in [4.69, 9.17) is 9.84 Å². The van der Waals surface area contributed by atoms with E-state index in [2.05, 4.69) is 37.2 Å². The Bertz CT molecular complexity index is 1080. The molecule has 1 atom stereocenters. The molecule has 1 aliphatic rings. The monoisotopic (exact) mass is 398 g/mol. The molecule has 138 valence electrons. The summed E-state index contributed by atoms with van der Waals surface area (Å²) in [5, 5.41) is 9.07. The van der Waals surface area contributed by atoms with Crippen LogP contribution in [0.1, 0.15) is 23.7 Å². The van der Waals surface area contributed by atoms with Crippen LogP contribution in [0.3, 0.4) is 0 Å². The Balaban J connectivity index is 1.31. The van der Waals surface area contributed by atoms with Crippen molar-refractivity contribution >= 4 is 39.2 Å². The number of hydrogen-bond donors (Lipinski definition) is 1. The zero-order valence-corrected chi connectivity index (χ0v) is 16.4. The van der Waals surface area contributed by atoms with Crippen LogP contribution >= 0.6 is 23.1 Å². The van der Waals surface area contributed by atoms with E-state index in [9.17, 15) is 0 Å². The van der Waals surface area contributed by atoms with Gasteiger partial charge in [-0.2, -0.15) is 13.8 Å². The molecule has 4 aromatic rings. The molecule has 7 nitrogen and oxygen atoms in total. The average Bonchev–Trinajstić information content (AvgIpc) is 3.44. The molecule has 0 bridgehead atoms. The molecule has 0 spiro atoms. The lowest BCUT2D eigenvalue weighted by atomic mass is 10.2. The average molecular weight is 399 g/mol. The number of thiazole rings is 1. The van der Waals surface area contributed by atoms with Gasteiger partial charge in [0.15, 0.2) is 5.13 Å². The fraction of sp³-hybridized carbons (Fsp3) is 0.333. The Morgan fingerprint density at radius 3 is 3.07 bits per heavy atom. The highest BCUT2D eigenvalue weighted by atomic mass is 32.1. The molecule has 9 heteroatoms. The van der Waals surface area contributed by atoms with Crippen LogP contribution in [0.2, 0.25) is 0 Å². The quantitative estimate of drug-likeness (QED) is 0.549. The molecule has 4 heterocycles. The van der Waals surface area contributed by atoms with Crippen molar-refractivity contribution in [2.24, 2.45) is 0 Å². The van der Waals surface area contributed by atoms with E-state index in [-0.39, 0.29) is 0 Å². The molecule has 1 N–H and O–H groups in total. The van der Waals surface area contributed by atoms with E-state index in [0.29, 0.717) is 12.6 Å². The third-order valence-electron chi connectivity index (χ3n) is 4.68. The second-order valence-corrected chi connectivity index (χ2v) is 8.10. The van der Waals surface area contributed by atoms with Crippen LogP contribution in [0.4, 0.5) is 5.13 Å². The minimum Gasteiger partial charge on any atom is -0.379 e. The van der Waals surface area contributed by atoms with Gasteiger partial charge in [-0.15, -0.1) is 0 Å². The van der Waals surface area contributed by atoms with Crippen LogP contribution in [0.15, 0.2) is 30.5 Å². The Morgan fingerprint density at radius 2 is 2.19 bits per heavy atom. The van der Waals surface area contributed by atoms with Crippen LogP contribution in [-0.2, 0) is 11.3 Å². The molecule has 3 aromatic heterocycles. The van der Waals surface area contributed by atoms with Gasteiger partial charge in [0.05, 0.1) is 34.9 Å². The van der Waals surface area contributed by atoms with E-state index in [1.165, 1.54) is 11.7 Å². The fourth-order valence-corrected chi connectivity index (χ4v) is 4.66. The number of ether oxygens (including phenoxy) is 1.